The van der Waals surface area contributed by atoms with E-state index in [1.807, 2.05) is 12.1 Å². The Kier molecular flexibility index (Phi) is 11.7. The van der Waals surface area contributed by atoms with Gasteiger partial charge in [0.1, 0.15) is 5.75 Å². The zero-order chi connectivity index (χ0) is 18.7. The number of aliphatic imine (C=N–C) groups is 1. The number of methoxy groups -OCH3 is 1. The van der Waals surface area contributed by atoms with Gasteiger partial charge in [-0.1, -0.05) is 12.1 Å². The summed E-state index contributed by atoms with van der Waals surface area (Å²) < 4.78 is 10.7. The lowest BCUT2D eigenvalue weighted by Crippen LogP contribution is -2.39. The van der Waals surface area contributed by atoms with E-state index in [-0.39, 0.29) is 36.0 Å². The SMILES string of the molecule is CCNC(=NCC1(CCO)CCOC1)NCCCc1ccc(OC)cc1.I. The lowest BCUT2D eigenvalue weighted by molar-refractivity contribution is 0.131. The molecule has 0 saturated carbocycles. The van der Waals surface area contributed by atoms with Crippen LogP contribution in [0.25, 0.3) is 0 Å². The average Bonchev–Trinajstić information content (AvgIpc) is 3.13. The minimum Gasteiger partial charge on any atom is -0.497 e. The fourth-order valence-electron chi connectivity index (χ4n) is 3.17. The highest BCUT2D eigenvalue weighted by Gasteiger charge is 2.34. The first kappa shape index (κ1) is 24.0. The number of hydrogen-bond acceptors (Lipinski definition) is 4. The molecule has 1 unspecified atom stereocenters. The molecule has 3 N–H and O–H groups in total. The van der Waals surface area contributed by atoms with Gasteiger partial charge in [-0.05, 0) is 50.3 Å². The Morgan fingerprint density at radius 1 is 1.30 bits per heavy atom. The van der Waals surface area contributed by atoms with Gasteiger partial charge < -0.3 is 25.2 Å². The Bertz CT molecular complexity index is 546. The monoisotopic (exact) mass is 491 g/mol. The molecule has 0 aliphatic carbocycles. The first-order chi connectivity index (χ1) is 12.7. The number of aryl methyl sites for hydroxylation is 1. The lowest BCUT2D eigenvalue weighted by atomic mass is 9.84. The van der Waals surface area contributed by atoms with Crippen molar-refractivity contribution in [2.45, 2.75) is 32.6 Å². The molecule has 1 aromatic rings. The van der Waals surface area contributed by atoms with Crippen LogP contribution in [0.5, 0.6) is 5.75 Å². The van der Waals surface area contributed by atoms with Gasteiger partial charge in [0.2, 0.25) is 0 Å². The maximum atomic E-state index is 9.33. The lowest BCUT2D eigenvalue weighted by Gasteiger charge is -2.24. The van der Waals surface area contributed by atoms with Crippen molar-refractivity contribution >= 4 is 29.9 Å². The fourth-order valence-corrected chi connectivity index (χ4v) is 3.17. The van der Waals surface area contributed by atoms with E-state index >= 15 is 0 Å². The summed E-state index contributed by atoms with van der Waals surface area (Å²) in [6.07, 6.45) is 3.75. The van der Waals surface area contributed by atoms with Crippen molar-refractivity contribution in [1.82, 2.24) is 10.6 Å². The van der Waals surface area contributed by atoms with Crippen molar-refractivity contribution in [3.63, 3.8) is 0 Å². The molecule has 0 radical (unpaired) electrons. The van der Waals surface area contributed by atoms with Crippen molar-refractivity contribution < 1.29 is 14.6 Å². The van der Waals surface area contributed by atoms with E-state index in [4.69, 9.17) is 14.5 Å². The molecule has 154 valence electrons. The number of hydrogen-bond donors (Lipinski definition) is 3. The molecule has 6 nitrogen and oxygen atoms in total. The average molecular weight is 491 g/mol. The minimum absolute atomic E-state index is 0. The van der Waals surface area contributed by atoms with Crippen LogP contribution in [0.15, 0.2) is 29.3 Å². The normalized spacial score (nSPS) is 19.4. The highest BCUT2D eigenvalue weighted by Crippen LogP contribution is 2.32. The predicted octanol–water partition coefficient (Wildman–Crippen LogP) is 2.59. The zero-order valence-electron chi connectivity index (χ0n) is 16.5. The molecule has 27 heavy (non-hydrogen) atoms. The van der Waals surface area contributed by atoms with E-state index in [1.54, 1.807) is 7.11 Å². The molecule has 1 fully saturated rings. The predicted molar refractivity (Wildman–Crippen MR) is 120 cm³/mol. The van der Waals surface area contributed by atoms with Crippen LogP contribution >= 0.6 is 24.0 Å². The van der Waals surface area contributed by atoms with Gasteiger partial charge in [0, 0.05) is 31.7 Å². The van der Waals surface area contributed by atoms with Gasteiger partial charge in [-0.2, -0.15) is 0 Å². The van der Waals surface area contributed by atoms with E-state index < -0.39 is 0 Å². The molecule has 2 rings (SSSR count). The third-order valence-corrected chi connectivity index (χ3v) is 4.84. The van der Waals surface area contributed by atoms with Gasteiger partial charge in [0.25, 0.3) is 0 Å². The van der Waals surface area contributed by atoms with Crippen LogP contribution < -0.4 is 15.4 Å². The van der Waals surface area contributed by atoms with Gasteiger partial charge in [-0.25, -0.2) is 0 Å². The Labute approximate surface area is 180 Å². The molecule has 0 bridgehead atoms. The van der Waals surface area contributed by atoms with Gasteiger partial charge in [0.05, 0.1) is 20.3 Å². The number of rotatable bonds is 10. The van der Waals surface area contributed by atoms with Crippen molar-refractivity contribution in [1.29, 1.82) is 0 Å². The maximum absolute atomic E-state index is 9.33. The van der Waals surface area contributed by atoms with Crippen molar-refractivity contribution in [2.24, 2.45) is 10.4 Å². The largest absolute Gasteiger partial charge is 0.497 e. The Morgan fingerprint density at radius 2 is 2.07 bits per heavy atom. The highest BCUT2D eigenvalue weighted by molar-refractivity contribution is 14.0. The number of halogens is 1. The molecule has 1 atom stereocenters. The molecular formula is C20H34IN3O3. The number of nitrogens with zero attached hydrogens (tertiary/aromatic N) is 1. The van der Waals surface area contributed by atoms with Crippen molar-refractivity contribution in [2.75, 3.05) is 46.6 Å². The molecule has 0 amide bonds. The Morgan fingerprint density at radius 3 is 2.67 bits per heavy atom. The van der Waals surface area contributed by atoms with Gasteiger partial charge >= 0.3 is 0 Å². The number of aliphatic hydroxyl groups is 1. The van der Waals surface area contributed by atoms with Crippen LogP contribution in [0, 0.1) is 5.41 Å². The topological polar surface area (TPSA) is 75.1 Å². The van der Waals surface area contributed by atoms with Gasteiger partial charge in [-0.3, -0.25) is 4.99 Å². The fraction of sp³-hybridized carbons (Fsp3) is 0.650. The summed E-state index contributed by atoms with van der Waals surface area (Å²) >= 11 is 0. The summed E-state index contributed by atoms with van der Waals surface area (Å²) in [6.45, 7) is 6.08. The molecule has 1 aliphatic heterocycles. The molecule has 0 aromatic heterocycles. The molecule has 1 heterocycles. The highest BCUT2D eigenvalue weighted by atomic mass is 127. The smallest absolute Gasteiger partial charge is 0.191 e. The van der Waals surface area contributed by atoms with Crippen molar-refractivity contribution in [3.8, 4) is 5.75 Å². The first-order valence-corrected chi connectivity index (χ1v) is 9.55. The second-order valence-corrected chi connectivity index (χ2v) is 6.85. The second-order valence-electron chi connectivity index (χ2n) is 6.85. The molecule has 0 spiro atoms. The second kappa shape index (κ2) is 13.2. The quantitative estimate of drug-likeness (QED) is 0.203. The number of ether oxygens (including phenoxy) is 2. The Balaban J connectivity index is 0.00000364. The van der Waals surface area contributed by atoms with E-state index in [1.165, 1.54) is 5.56 Å². The summed E-state index contributed by atoms with van der Waals surface area (Å²) in [4.78, 5) is 4.74. The van der Waals surface area contributed by atoms with Crippen LogP contribution in [-0.4, -0.2) is 57.6 Å². The maximum Gasteiger partial charge on any atom is 0.191 e. The molecular weight excluding hydrogens is 457 g/mol. The van der Waals surface area contributed by atoms with E-state index in [2.05, 4.69) is 29.7 Å². The minimum atomic E-state index is -0.0137. The van der Waals surface area contributed by atoms with Gasteiger partial charge in [-0.15, -0.1) is 24.0 Å². The van der Waals surface area contributed by atoms with E-state index in [0.29, 0.717) is 13.2 Å². The summed E-state index contributed by atoms with van der Waals surface area (Å²) in [5, 5.41) is 16.0. The van der Waals surface area contributed by atoms with E-state index in [9.17, 15) is 5.11 Å². The number of nitrogens with one attached hydrogen (secondary N) is 2. The summed E-state index contributed by atoms with van der Waals surface area (Å²) in [5.41, 5.74) is 1.29. The number of guanidine groups is 1. The zero-order valence-corrected chi connectivity index (χ0v) is 18.8. The summed E-state index contributed by atoms with van der Waals surface area (Å²) in [7, 11) is 1.68. The molecule has 1 saturated heterocycles. The number of benzene rings is 1. The molecule has 1 aromatic carbocycles. The van der Waals surface area contributed by atoms with E-state index in [0.717, 1.165) is 57.1 Å². The van der Waals surface area contributed by atoms with Crippen molar-refractivity contribution in [3.05, 3.63) is 29.8 Å². The van der Waals surface area contributed by atoms with Crippen LogP contribution in [0.2, 0.25) is 0 Å². The molecule has 1 aliphatic rings. The van der Waals surface area contributed by atoms with Crippen LogP contribution in [-0.2, 0) is 11.2 Å². The van der Waals surface area contributed by atoms with Crippen LogP contribution in [0.3, 0.4) is 0 Å². The first-order valence-electron chi connectivity index (χ1n) is 9.55. The Hall–Kier alpha value is -1.06. The van der Waals surface area contributed by atoms with Crippen LogP contribution in [0.4, 0.5) is 0 Å². The third kappa shape index (κ3) is 8.23. The summed E-state index contributed by atoms with van der Waals surface area (Å²) in [6, 6.07) is 8.21. The van der Waals surface area contributed by atoms with Gasteiger partial charge in [0.15, 0.2) is 5.96 Å². The number of aliphatic hydroxyl groups excluding tert-OH is 1. The third-order valence-electron chi connectivity index (χ3n) is 4.84. The van der Waals surface area contributed by atoms with Crippen LogP contribution in [0.1, 0.15) is 31.7 Å². The molecule has 7 heteroatoms. The standard InChI is InChI=1S/C20H33N3O3.HI/c1-3-21-19(23-15-20(10-13-24)11-14-26-16-20)22-12-4-5-17-6-8-18(25-2)9-7-17;/h6-9,24H,3-5,10-16H2,1-2H3,(H2,21,22,23);1H. The summed E-state index contributed by atoms with van der Waals surface area (Å²) in [5.74, 6) is 1.73.